The third kappa shape index (κ3) is 1.15. The lowest BCUT2D eigenvalue weighted by Crippen LogP contribution is -2.48. The van der Waals surface area contributed by atoms with E-state index in [9.17, 15) is 5.11 Å². The molecule has 1 aromatic carbocycles. The van der Waals surface area contributed by atoms with Gasteiger partial charge in [-0.2, -0.15) is 0 Å². The third-order valence-electron chi connectivity index (χ3n) is 3.63. The molecule has 0 aromatic heterocycles. The van der Waals surface area contributed by atoms with Crippen LogP contribution in [0.25, 0.3) is 0 Å². The van der Waals surface area contributed by atoms with Crippen LogP contribution < -0.4 is 0 Å². The lowest BCUT2D eigenvalue weighted by Gasteiger charge is -2.36. The maximum Gasteiger partial charge on any atom is 0.188 e. The van der Waals surface area contributed by atoms with Gasteiger partial charge in [0.25, 0.3) is 0 Å². The van der Waals surface area contributed by atoms with Crippen LogP contribution in [-0.4, -0.2) is 28.4 Å². The summed E-state index contributed by atoms with van der Waals surface area (Å²) in [6.45, 7) is 2.90. The van der Waals surface area contributed by atoms with Crippen LogP contribution in [0.5, 0.6) is 0 Å². The molecule has 0 amide bonds. The molecule has 2 atom stereocenters. The SMILES string of the molecule is CC1N=C2CCCN2C1(O)c1ccccc1. The van der Waals surface area contributed by atoms with E-state index in [1.165, 1.54) is 0 Å². The quantitative estimate of drug-likeness (QED) is 0.776. The minimum atomic E-state index is -0.924. The number of nitrogens with zero attached hydrogens (tertiary/aromatic N) is 2. The summed E-state index contributed by atoms with van der Waals surface area (Å²) in [7, 11) is 0. The first-order valence-electron chi connectivity index (χ1n) is 5.85. The monoisotopic (exact) mass is 216 g/mol. The molecule has 1 aromatic rings. The van der Waals surface area contributed by atoms with E-state index in [0.29, 0.717) is 0 Å². The van der Waals surface area contributed by atoms with Gasteiger partial charge in [0.2, 0.25) is 0 Å². The highest BCUT2D eigenvalue weighted by molar-refractivity contribution is 5.87. The Kier molecular flexibility index (Phi) is 2.04. The Bertz CT molecular complexity index is 429. The fourth-order valence-electron chi connectivity index (χ4n) is 2.78. The van der Waals surface area contributed by atoms with Gasteiger partial charge in [-0.15, -0.1) is 0 Å². The number of fused-ring (bicyclic) bond motifs is 1. The summed E-state index contributed by atoms with van der Waals surface area (Å²) in [5, 5.41) is 10.9. The van der Waals surface area contributed by atoms with Gasteiger partial charge >= 0.3 is 0 Å². The fraction of sp³-hybridized carbons (Fsp3) is 0.462. The molecule has 0 aliphatic carbocycles. The number of hydrogen-bond acceptors (Lipinski definition) is 3. The number of aliphatic imine (C=N–C) groups is 1. The molecular formula is C13H16N2O. The van der Waals surface area contributed by atoms with Crippen molar-refractivity contribution in [3.8, 4) is 0 Å². The largest absolute Gasteiger partial charge is 0.365 e. The highest BCUT2D eigenvalue weighted by Gasteiger charge is 2.49. The summed E-state index contributed by atoms with van der Waals surface area (Å²) in [5.41, 5.74) is 0.0238. The summed E-state index contributed by atoms with van der Waals surface area (Å²) in [6.07, 6.45) is 2.10. The average molecular weight is 216 g/mol. The zero-order valence-corrected chi connectivity index (χ0v) is 9.43. The van der Waals surface area contributed by atoms with Crippen LogP contribution in [0.15, 0.2) is 35.3 Å². The van der Waals surface area contributed by atoms with Gasteiger partial charge in [0, 0.05) is 18.5 Å². The van der Waals surface area contributed by atoms with Crippen molar-refractivity contribution in [2.24, 2.45) is 4.99 Å². The molecule has 3 heteroatoms. The molecule has 84 valence electrons. The highest BCUT2D eigenvalue weighted by atomic mass is 16.3. The fourth-order valence-corrected chi connectivity index (χ4v) is 2.78. The minimum Gasteiger partial charge on any atom is -0.365 e. The van der Waals surface area contributed by atoms with E-state index >= 15 is 0 Å². The van der Waals surface area contributed by atoms with Crippen LogP contribution in [0.1, 0.15) is 25.3 Å². The molecule has 1 saturated heterocycles. The van der Waals surface area contributed by atoms with Crippen molar-refractivity contribution in [2.45, 2.75) is 31.5 Å². The van der Waals surface area contributed by atoms with Crippen LogP contribution in [0.3, 0.4) is 0 Å². The summed E-state index contributed by atoms with van der Waals surface area (Å²) < 4.78 is 0. The van der Waals surface area contributed by atoms with Crippen LogP contribution in [0.4, 0.5) is 0 Å². The molecule has 0 bridgehead atoms. The van der Waals surface area contributed by atoms with E-state index in [1.54, 1.807) is 0 Å². The van der Waals surface area contributed by atoms with E-state index in [-0.39, 0.29) is 6.04 Å². The zero-order chi connectivity index (χ0) is 11.2. The van der Waals surface area contributed by atoms with E-state index in [1.807, 2.05) is 37.3 Å². The van der Waals surface area contributed by atoms with Gasteiger partial charge in [-0.3, -0.25) is 4.99 Å². The number of benzene rings is 1. The van der Waals surface area contributed by atoms with Crippen LogP contribution >= 0.6 is 0 Å². The minimum absolute atomic E-state index is 0.0785. The van der Waals surface area contributed by atoms with Crippen LogP contribution in [0.2, 0.25) is 0 Å². The highest BCUT2D eigenvalue weighted by Crippen LogP contribution is 2.39. The molecule has 3 nitrogen and oxygen atoms in total. The van der Waals surface area contributed by atoms with Crippen molar-refractivity contribution in [1.82, 2.24) is 4.90 Å². The maximum atomic E-state index is 10.9. The molecule has 2 heterocycles. The van der Waals surface area contributed by atoms with Gasteiger partial charge in [0.15, 0.2) is 5.72 Å². The Balaban J connectivity index is 2.06. The lowest BCUT2D eigenvalue weighted by molar-refractivity contribution is -0.0749. The Morgan fingerprint density at radius 3 is 2.88 bits per heavy atom. The smallest absolute Gasteiger partial charge is 0.188 e. The van der Waals surface area contributed by atoms with E-state index in [4.69, 9.17) is 0 Å². The molecule has 0 saturated carbocycles. The summed E-state index contributed by atoms with van der Waals surface area (Å²) in [4.78, 5) is 6.64. The summed E-state index contributed by atoms with van der Waals surface area (Å²) >= 11 is 0. The van der Waals surface area contributed by atoms with Crippen molar-refractivity contribution < 1.29 is 5.11 Å². The van der Waals surface area contributed by atoms with Gasteiger partial charge < -0.3 is 10.0 Å². The Morgan fingerprint density at radius 2 is 2.12 bits per heavy atom. The first-order chi connectivity index (χ1) is 7.73. The predicted molar refractivity (Wildman–Crippen MR) is 63.2 cm³/mol. The van der Waals surface area contributed by atoms with Crippen LogP contribution in [0, 0.1) is 0 Å². The van der Waals surface area contributed by atoms with Crippen molar-refractivity contribution in [3.05, 3.63) is 35.9 Å². The number of amidine groups is 1. The van der Waals surface area contributed by atoms with Gasteiger partial charge in [-0.1, -0.05) is 30.3 Å². The van der Waals surface area contributed by atoms with Gasteiger partial charge in [0.1, 0.15) is 11.9 Å². The van der Waals surface area contributed by atoms with Crippen molar-refractivity contribution in [2.75, 3.05) is 6.54 Å². The molecule has 3 rings (SSSR count). The molecule has 1 N–H and O–H groups in total. The first-order valence-corrected chi connectivity index (χ1v) is 5.85. The van der Waals surface area contributed by atoms with Crippen LogP contribution in [-0.2, 0) is 5.72 Å². The summed E-state index contributed by atoms with van der Waals surface area (Å²) in [5.74, 6) is 1.07. The Morgan fingerprint density at radius 1 is 1.38 bits per heavy atom. The molecule has 1 fully saturated rings. The molecular weight excluding hydrogens is 200 g/mol. The second-order valence-corrected chi connectivity index (χ2v) is 4.57. The van der Waals surface area contributed by atoms with Crippen molar-refractivity contribution in [1.29, 1.82) is 0 Å². The van der Waals surface area contributed by atoms with Crippen molar-refractivity contribution >= 4 is 5.84 Å². The van der Waals surface area contributed by atoms with Gasteiger partial charge in [0.05, 0.1) is 0 Å². The van der Waals surface area contributed by atoms with Gasteiger partial charge in [-0.25, -0.2) is 0 Å². The average Bonchev–Trinajstić information content (AvgIpc) is 2.85. The normalized spacial score (nSPS) is 32.8. The van der Waals surface area contributed by atoms with E-state index < -0.39 is 5.72 Å². The summed E-state index contributed by atoms with van der Waals surface area (Å²) in [6, 6.07) is 9.78. The Hall–Kier alpha value is -1.35. The first kappa shape index (κ1) is 9.85. The standard InChI is InChI=1S/C13H16N2O/c1-10-13(16,11-6-3-2-4-7-11)15-9-5-8-12(15)14-10/h2-4,6-7,10,16H,5,8-9H2,1H3. The maximum absolute atomic E-state index is 10.9. The third-order valence-corrected chi connectivity index (χ3v) is 3.63. The van der Waals surface area contributed by atoms with Gasteiger partial charge in [-0.05, 0) is 13.3 Å². The molecule has 2 unspecified atom stereocenters. The topological polar surface area (TPSA) is 35.8 Å². The van der Waals surface area contributed by atoms with Crippen molar-refractivity contribution in [3.63, 3.8) is 0 Å². The predicted octanol–water partition coefficient (Wildman–Crippen LogP) is 1.73. The second kappa shape index (κ2) is 3.32. The zero-order valence-electron chi connectivity index (χ0n) is 9.43. The molecule has 2 aliphatic rings. The Labute approximate surface area is 95.4 Å². The molecule has 2 aliphatic heterocycles. The molecule has 16 heavy (non-hydrogen) atoms. The molecule has 0 radical (unpaired) electrons. The van der Waals surface area contributed by atoms with E-state index in [0.717, 1.165) is 30.8 Å². The van der Waals surface area contributed by atoms with E-state index in [2.05, 4.69) is 9.89 Å². The number of hydrogen-bond donors (Lipinski definition) is 1. The number of rotatable bonds is 1. The molecule has 0 spiro atoms. The number of aliphatic hydroxyl groups is 1. The lowest BCUT2D eigenvalue weighted by atomic mass is 9.96. The second-order valence-electron chi connectivity index (χ2n) is 4.57.